The number of hydrogen-bond donors (Lipinski definition) is 2. The molecule has 0 unspecified atom stereocenters. The lowest BCUT2D eigenvalue weighted by atomic mass is 9.88. The van der Waals surface area contributed by atoms with Crippen LogP contribution in [-0.4, -0.2) is 24.5 Å². The molecule has 0 radical (unpaired) electrons. The van der Waals surface area contributed by atoms with E-state index in [-0.39, 0.29) is 28.4 Å². The fraction of sp³-hybridized carbons (Fsp3) is 0.200. The van der Waals surface area contributed by atoms with E-state index in [2.05, 4.69) is 4.98 Å². The summed E-state index contributed by atoms with van der Waals surface area (Å²) in [5, 5.41) is 2.12. The standard InChI is InChI=1S/C20H17ClFN3O3S/c1-27-14-4-2-10(19(24)26)17(18(14)22)16-11-6-20(8-23,15-7-29-9-25-15)28-13(11)5-3-12(16)21/h2-5,7,9H,6,8,23H2,1H3,(H2,24,26)/t20-/m1/s1. The molecule has 150 valence electrons. The van der Waals surface area contributed by atoms with E-state index in [1.807, 2.05) is 5.38 Å². The first kappa shape index (κ1) is 19.6. The normalized spacial score (nSPS) is 17.7. The lowest BCUT2D eigenvalue weighted by Gasteiger charge is -2.25. The summed E-state index contributed by atoms with van der Waals surface area (Å²) in [6.45, 7) is 0.158. The van der Waals surface area contributed by atoms with E-state index < -0.39 is 17.3 Å². The molecule has 1 amide bonds. The van der Waals surface area contributed by atoms with Crippen molar-refractivity contribution >= 4 is 28.8 Å². The number of hydrogen-bond acceptors (Lipinski definition) is 6. The molecule has 9 heteroatoms. The van der Waals surface area contributed by atoms with Crippen LogP contribution in [0, 0.1) is 5.82 Å². The number of benzene rings is 2. The maximum absolute atomic E-state index is 15.3. The van der Waals surface area contributed by atoms with Crippen molar-refractivity contribution in [1.82, 2.24) is 4.98 Å². The highest BCUT2D eigenvalue weighted by atomic mass is 35.5. The summed E-state index contributed by atoms with van der Waals surface area (Å²) in [7, 11) is 1.34. The SMILES string of the molecule is COc1ccc(C(N)=O)c(-c2c(Cl)ccc3c2C[C@@](CN)(c2cscn2)O3)c1F. The van der Waals surface area contributed by atoms with Gasteiger partial charge in [0.15, 0.2) is 17.2 Å². The van der Waals surface area contributed by atoms with Gasteiger partial charge in [0.25, 0.3) is 0 Å². The average Bonchev–Trinajstić information content (AvgIpc) is 3.36. The van der Waals surface area contributed by atoms with Crippen LogP contribution in [0.25, 0.3) is 11.1 Å². The smallest absolute Gasteiger partial charge is 0.249 e. The average molecular weight is 434 g/mol. The largest absolute Gasteiger partial charge is 0.494 e. The molecular weight excluding hydrogens is 417 g/mol. The predicted molar refractivity (Wildman–Crippen MR) is 109 cm³/mol. The van der Waals surface area contributed by atoms with E-state index in [1.165, 1.54) is 30.6 Å². The van der Waals surface area contributed by atoms with Crippen LogP contribution in [0.1, 0.15) is 21.6 Å². The molecule has 3 aromatic rings. The number of amides is 1. The number of halogens is 2. The van der Waals surface area contributed by atoms with Crippen molar-refractivity contribution in [3.05, 3.63) is 62.8 Å². The molecule has 0 saturated carbocycles. The van der Waals surface area contributed by atoms with E-state index in [0.29, 0.717) is 29.0 Å². The van der Waals surface area contributed by atoms with Gasteiger partial charge in [0.1, 0.15) is 5.75 Å². The molecule has 1 atom stereocenters. The number of thiazole rings is 1. The second-order valence-corrected chi connectivity index (χ2v) is 7.74. The van der Waals surface area contributed by atoms with Crippen molar-refractivity contribution in [2.75, 3.05) is 13.7 Å². The fourth-order valence-electron chi connectivity index (χ4n) is 3.64. The number of nitrogens with zero attached hydrogens (tertiary/aromatic N) is 1. The Labute approximate surface area is 175 Å². The third-order valence-electron chi connectivity index (χ3n) is 5.06. The topological polar surface area (TPSA) is 100 Å². The third kappa shape index (κ3) is 3.04. The molecule has 4 rings (SSSR count). The van der Waals surface area contributed by atoms with Crippen molar-refractivity contribution in [1.29, 1.82) is 0 Å². The summed E-state index contributed by atoms with van der Waals surface area (Å²) >= 11 is 7.91. The number of nitrogens with two attached hydrogens (primary N) is 2. The van der Waals surface area contributed by atoms with Crippen LogP contribution in [0.15, 0.2) is 35.2 Å². The first-order chi connectivity index (χ1) is 13.9. The number of ether oxygens (including phenoxy) is 2. The van der Waals surface area contributed by atoms with Crippen LogP contribution in [0.2, 0.25) is 5.02 Å². The highest BCUT2D eigenvalue weighted by molar-refractivity contribution is 7.07. The van der Waals surface area contributed by atoms with Crippen LogP contribution >= 0.6 is 22.9 Å². The number of rotatable bonds is 5. The van der Waals surface area contributed by atoms with Gasteiger partial charge in [-0.1, -0.05) is 11.6 Å². The van der Waals surface area contributed by atoms with E-state index in [9.17, 15) is 4.79 Å². The highest BCUT2D eigenvalue weighted by Gasteiger charge is 2.43. The van der Waals surface area contributed by atoms with Gasteiger partial charge in [-0.2, -0.15) is 0 Å². The van der Waals surface area contributed by atoms with Crippen molar-refractivity contribution in [3.8, 4) is 22.6 Å². The number of carbonyl (C=O) groups is 1. The molecule has 0 spiro atoms. The van der Waals surface area contributed by atoms with Crippen LogP contribution in [0.3, 0.4) is 0 Å². The van der Waals surface area contributed by atoms with Gasteiger partial charge in [-0.3, -0.25) is 4.79 Å². The Morgan fingerprint density at radius 1 is 1.38 bits per heavy atom. The summed E-state index contributed by atoms with van der Waals surface area (Å²) < 4.78 is 26.6. The zero-order valence-electron chi connectivity index (χ0n) is 15.4. The van der Waals surface area contributed by atoms with E-state index >= 15 is 4.39 Å². The molecule has 0 bridgehead atoms. The monoisotopic (exact) mass is 433 g/mol. The van der Waals surface area contributed by atoms with Gasteiger partial charge in [-0.05, 0) is 24.3 Å². The van der Waals surface area contributed by atoms with Crippen LogP contribution in [0.4, 0.5) is 4.39 Å². The molecular formula is C20H17ClFN3O3S. The Balaban J connectivity index is 1.97. The van der Waals surface area contributed by atoms with E-state index in [4.69, 9.17) is 32.5 Å². The summed E-state index contributed by atoms with van der Waals surface area (Å²) in [6.07, 6.45) is 0.313. The Morgan fingerprint density at radius 3 is 2.79 bits per heavy atom. The number of methoxy groups -OCH3 is 1. The molecule has 0 saturated heterocycles. The van der Waals surface area contributed by atoms with Crippen LogP contribution < -0.4 is 20.9 Å². The quantitative estimate of drug-likeness (QED) is 0.641. The highest BCUT2D eigenvalue weighted by Crippen LogP contribution is 2.49. The molecule has 2 heterocycles. The first-order valence-electron chi connectivity index (χ1n) is 8.67. The third-order valence-corrected chi connectivity index (χ3v) is 5.96. The fourth-order valence-corrected chi connectivity index (χ4v) is 4.55. The van der Waals surface area contributed by atoms with Gasteiger partial charge < -0.3 is 20.9 Å². The number of aromatic nitrogens is 1. The number of fused-ring (bicyclic) bond motifs is 1. The molecule has 2 aromatic carbocycles. The van der Waals surface area contributed by atoms with Gasteiger partial charge in [-0.25, -0.2) is 9.37 Å². The van der Waals surface area contributed by atoms with Gasteiger partial charge in [0.2, 0.25) is 5.91 Å². The molecule has 6 nitrogen and oxygen atoms in total. The maximum atomic E-state index is 15.3. The van der Waals surface area contributed by atoms with Crippen molar-refractivity contribution in [3.63, 3.8) is 0 Å². The Bertz CT molecular complexity index is 1110. The van der Waals surface area contributed by atoms with Gasteiger partial charge in [-0.15, -0.1) is 11.3 Å². The van der Waals surface area contributed by atoms with Gasteiger partial charge in [0, 0.05) is 40.1 Å². The molecule has 29 heavy (non-hydrogen) atoms. The molecule has 0 fully saturated rings. The van der Waals surface area contributed by atoms with Crippen molar-refractivity contribution in [2.45, 2.75) is 12.0 Å². The van der Waals surface area contributed by atoms with Crippen molar-refractivity contribution < 1.29 is 18.7 Å². The Hall–Kier alpha value is -2.68. The molecule has 4 N–H and O–H groups in total. The first-order valence-corrected chi connectivity index (χ1v) is 9.99. The number of carbonyl (C=O) groups excluding carboxylic acids is 1. The molecule has 1 aliphatic heterocycles. The van der Waals surface area contributed by atoms with E-state index in [1.54, 1.807) is 17.6 Å². The minimum Gasteiger partial charge on any atom is -0.494 e. The molecule has 1 aromatic heterocycles. The summed E-state index contributed by atoms with van der Waals surface area (Å²) in [5.41, 5.74) is 14.0. The second-order valence-electron chi connectivity index (χ2n) is 6.62. The minimum absolute atomic E-state index is 0.00231. The lowest BCUT2D eigenvalue weighted by molar-refractivity contribution is 0.0985. The maximum Gasteiger partial charge on any atom is 0.249 e. The van der Waals surface area contributed by atoms with Crippen LogP contribution in [0.5, 0.6) is 11.5 Å². The summed E-state index contributed by atoms with van der Waals surface area (Å²) in [4.78, 5) is 16.4. The van der Waals surface area contributed by atoms with E-state index in [0.717, 1.165) is 0 Å². The van der Waals surface area contributed by atoms with Gasteiger partial charge >= 0.3 is 0 Å². The molecule has 0 aliphatic carbocycles. The molecule has 1 aliphatic rings. The number of primary amides is 1. The van der Waals surface area contributed by atoms with Gasteiger partial charge in [0.05, 0.1) is 23.9 Å². The van der Waals surface area contributed by atoms with Crippen molar-refractivity contribution in [2.24, 2.45) is 11.5 Å². The summed E-state index contributed by atoms with van der Waals surface area (Å²) in [5.74, 6) is -1.03. The minimum atomic E-state index is -0.899. The Kier molecular flexibility index (Phi) is 4.94. The second kappa shape index (κ2) is 7.29. The Morgan fingerprint density at radius 2 is 2.17 bits per heavy atom. The zero-order valence-corrected chi connectivity index (χ0v) is 16.9. The zero-order chi connectivity index (χ0) is 20.8. The van der Waals surface area contributed by atoms with Crippen LogP contribution in [-0.2, 0) is 12.0 Å². The summed E-state index contributed by atoms with van der Waals surface area (Å²) in [6, 6.07) is 6.06. The predicted octanol–water partition coefficient (Wildman–Crippen LogP) is 3.50. The lowest BCUT2D eigenvalue weighted by Crippen LogP contribution is -2.39.